The SMILES string of the molecule is Cc1nccn1-c1ncc(NC(=O)c2ccsc2)cn1. The maximum Gasteiger partial charge on any atom is 0.256 e. The summed E-state index contributed by atoms with van der Waals surface area (Å²) in [6, 6.07) is 1.77. The molecule has 6 nitrogen and oxygen atoms in total. The zero-order valence-corrected chi connectivity index (χ0v) is 11.5. The van der Waals surface area contributed by atoms with E-state index in [0.717, 1.165) is 5.82 Å². The van der Waals surface area contributed by atoms with E-state index in [2.05, 4.69) is 20.3 Å². The molecule has 0 aliphatic rings. The molecule has 20 heavy (non-hydrogen) atoms. The second-order valence-electron chi connectivity index (χ2n) is 4.08. The Morgan fingerprint density at radius 2 is 2.10 bits per heavy atom. The number of thiophene rings is 1. The van der Waals surface area contributed by atoms with Crippen LogP contribution in [0.15, 0.2) is 41.6 Å². The van der Waals surface area contributed by atoms with Crippen molar-refractivity contribution >= 4 is 22.9 Å². The predicted molar refractivity (Wildman–Crippen MR) is 76.2 cm³/mol. The fraction of sp³-hybridized carbons (Fsp3) is 0.0769. The first-order valence-corrected chi connectivity index (χ1v) is 6.84. The van der Waals surface area contributed by atoms with Crippen LogP contribution in [0.2, 0.25) is 0 Å². The monoisotopic (exact) mass is 285 g/mol. The molecule has 0 bridgehead atoms. The van der Waals surface area contributed by atoms with E-state index in [4.69, 9.17) is 0 Å². The van der Waals surface area contributed by atoms with Crippen molar-refractivity contribution in [3.8, 4) is 5.95 Å². The molecular weight excluding hydrogens is 274 g/mol. The molecule has 0 unspecified atom stereocenters. The first kappa shape index (κ1) is 12.5. The highest BCUT2D eigenvalue weighted by Crippen LogP contribution is 2.11. The highest BCUT2D eigenvalue weighted by molar-refractivity contribution is 7.08. The Hall–Kier alpha value is -2.54. The topological polar surface area (TPSA) is 72.7 Å². The lowest BCUT2D eigenvalue weighted by Crippen LogP contribution is -2.12. The van der Waals surface area contributed by atoms with Gasteiger partial charge in [-0.3, -0.25) is 9.36 Å². The summed E-state index contributed by atoms with van der Waals surface area (Å²) in [5, 5.41) is 6.40. The summed E-state index contributed by atoms with van der Waals surface area (Å²) < 4.78 is 1.77. The molecule has 100 valence electrons. The number of anilines is 1. The minimum absolute atomic E-state index is 0.165. The van der Waals surface area contributed by atoms with Gasteiger partial charge >= 0.3 is 0 Å². The summed E-state index contributed by atoms with van der Waals surface area (Å²) >= 11 is 1.48. The minimum atomic E-state index is -0.165. The van der Waals surface area contributed by atoms with E-state index in [1.807, 2.05) is 12.3 Å². The fourth-order valence-electron chi connectivity index (χ4n) is 1.70. The van der Waals surface area contributed by atoms with Crippen molar-refractivity contribution in [2.75, 3.05) is 5.32 Å². The van der Waals surface area contributed by atoms with Crippen LogP contribution >= 0.6 is 11.3 Å². The lowest BCUT2D eigenvalue weighted by atomic mass is 10.3. The van der Waals surface area contributed by atoms with Crippen LogP contribution in [0.1, 0.15) is 16.2 Å². The van der Waals surface area contributed by atoms with E-state index in [9.17, 15) is 4.79 Å². The molecule has 0 aliphatic carbocycles. The van der Waals surface area contributed by atoms with Crippen molar-refractivity contribution < 1.29 is 4.79 Å². The molecule has 3 heterocycles. The molecule has 0 aliphatic heterocycles. The summed E-state index contributed by atoms with van der Waals surface area (Å²) in [6.07, 6.45) is 6.62. The van der Waals surface area contributed by atoms with E-state index in [0.29, 0.717) is 17.2 Å². The Bertz CT molecular complexity index is 718. The van der Waals surface area contributed by atoms with Crippen molar-refractivity contribution in [3.05, 3.63) is 53.0 Å². The Balaban J connectivity index is 1.77. The van der Waals surface area contributed by atoms with Crippen LogP contribution in [0.4, 0.5) is 5.69 Å². The summed E-state index contributed by atoms with van der Waals surface area (Å²) in [6.45, 7) is 1.87. The number of carbonyl (C=O) groups excluding carboxylic acids is 1. The van der Waals surface area contributed by atoms with Gasteiger partial charge in [0, 0.05) is 17.8 Å². The zero-order chi connectivity index (χ0) is 13.9. The maximum atomic E-state index is 11.9. The zero-order valence-electron chi connectivity index (χ0n) is 10.6. The van der Waals surface area contributed by atoms with Crippen molar-refractivity contribution in [3.63, 3.8) is 0 Å². The number of nitrogens with zero attached hydrogens (tertiary/aromatic N) is 4. The normalized spacial score (nSPS) is 10.4. The number of imidazole rings is 1. The first-order chi connectivity index (χ1) is 9.74. The molecule has 0 saturated carbocycles. The number of aromatic nitrogens is 4. The van der Waals surface area contributed by atoms with E-state index < -0.39 is 0 Å². The third-order valence-electron chi connectivity index (χ3n) is 2.72. The molecular formula is C13H11N5OS. The molecule has 3 rings (SSSR count). The standard InChI is InChI=1S/C13H11N5OS/c1-9-14-3-4-18(9)13-15-6-11(7-16-13)17-12(19)10-2-5-20-8-10/h2-8H,1H3,(H,17,19). The molecule has 0 saturated heterocycles. The van der Waals surface area contributed by atoms with Crippen LogP contribution in [0.3, 0.4) is 0 Å². The van der Waals surface area contributed by atoms with Crippen LogP contribution in [0, 0.1) is 6.92 Å². The fourth-order valence-corrected chi connectivity index (χ4v) is 2.33. The summed E-state index contributed by atoms with van der Waals surface area (Å²) in [4.78, 5) is 24.4. The third kappa shape index (κ3) is 2.43. The number of nitrogens with one attached hydrogen (secondary N) is 1. The Morgan fingerprint density at radius 1 is 1.30 bits per heavy atom. The van der Waals surface area contributed by atoms with Gasteiger partial charge < -0.3 is 5.32 Å². The lowest BCUT2D eigenvalue weighted by molar-refractivity contribution is 0.102. The third-order valence-corrected chi connectivity index (χ3v) is 3.40. The van der Waals surface area contributed by atoms with Gasteiger partial charge in [0.15, 0.2) is 0 Å². The second-order valence-corrected chi connectivity index (χ2v) is 4.86. The van der Waals surface area contributed by atoms with Gasteiger partial charge in [-0.1, -0.05) is 0 Å². The molecule has 0 atom stereocenters. The molecule has 1 amide bonds. The summed E-state index contributed by atoms with van der Waals surface area (Å²) in [5.74, 6) is 1.16. The van der Waals surface area contributed by atoms with Crippen molar-refractivity contribution in [2.24, 2.45) is 0 Å². The van der Waals surface area contributed by atoms with Gasteiger partial charge in [0.2, 0.25) is 5.95 Å². The Kier molecular flexibility index (Phi) is 3.26. The molecule has 7 heteroatoms. The van der Waals surface area contributed by atoms with Crippen LogP contribution in [-0.2, 0) is 0 Å². The second kappa shape index (κ2) is 5.22. The van der Waals surface area contributed by atoms with E-state index in [-0.39, 0.29) is 5.91 Å². The van der Waals surface area contributed by atoms with Gasteiger partial charge in [-0.15, -0.1) is 0 Å². The van der Waals surface area contributed by atoms with Crippen molar-refractivity contribution in [1.82, 2.24) is 19.5 Å². The molecule has 0 aromatic carbocycles. The van der Waals surface area contributed by atoms with Gasteiger partial charge in [0.25, 0.3) is 5.91 Å². The number of rotatable bonds is 3. The summed E-state index contributed by atoms with van der Waals surface area (Å²) in [7, 11) is 0. The Morgan fingerprint density at radius 3 is 2.70 bits per heavy atom. The largest absolute Gasteiger partial charge is 0.319 e. The van der Waals surface area contributed by atoms with Crippen LogP contribution in [-0.4, -0.2) is 25.4 Å². The molecule has 3 aromatic rings. The van der Waals surface area contributed by atoms with Crippen molar-refractivity contribution in [2.45, 2.75) is 6.92 Å². The average molecular weight is 285 g/mol. The molecule has 0 spiro atoms. The molecule has 0 radical (unpaired) electrons. The number of hydrogen-bond acceptors (Lipinski definition) is 5. The van der Waals surface area contributed by atoms with E-state index in [1.165, 1.54) is 11.3 Å². The number of hydrogen-bond donors (Lipinski definition) is 1. The minimum Gasteiger partial charge on any atom is -0.319 e. The van der Waals surface area contributed by atoms with Crippen LogP contribution in [0.25, 0.3) is 5.95 Å². The van der Waals surface area contributed by atoms with E-state index in [1.54, 1.807) is 40.8 Å². The average Bonchev–Trinajstić information content (AvgIpc) is 3.11. The van der Waals surface area contributed by atoms with E-state index >= 15 is 0 Å². The van der Waals surface area contributed by atoms with Crippen molar-refractivity contribution in [1.29, 1.82) is 0 Å². The lowest BCUT2D eigenvalue weighted by Gasteiger charge is -2.05. The van der Waals surface area contributed by atoms with Gasteiger partial charge in [0.05, 0.1) is 23.6 Å². The Labute approximate surface area is 119 Å². The first-order valence-electron chi connectivity index (χ1n) is 5.90. The van der Waals surface area contributed by atoms with Crippen LogP contribution in [0.5, 0.6) is 0 Å². The number of carbonyl (C=O) groups is 1. The predicted octanol–water partition coefficient (Wildman–Crippen LogP) is 2.28. The molecule has 0 fully saturated rings. The highest BCUT2D eigenvalue weighted by atomic mass is 32.1. The highest BCUT2D eigenvalue weighted by Gasteiger charge is 2.08. The van der Waals surface area contributed by atoms with Gasteiger partial charge in [-0.05, 0) is 18.4 Å². The quantitative estimate of drug-likeness (QED) is 0.801. The smallest absolute Gasteiger partial charge is 0.256 e. The number of aryl methyl sites for hydroxylation is 1. The molecule has 3 aromatic heterocycles. The van der Waals surface area contributed by atoms with Crippen LogP contribution < -0.4 is 5.32 Å². The van der Waals surface area contributed by atoms with Gasteiger partial charge in [-0.2, -0.15) is 11.3 Å². The summed E-state index contributed by atoms with van der Waals surface area (Å²) in [5.41, 5.74) is 1.19. The maximum absolute atomic E-state index is 11.9. The number of amides is 1. The van der Waals surface area contributed by atoms with Gasteiger partial charge in [-0.25, -0.2) is 15.0 Å². The molecule has 1 N–H and O–H groups in total. The van der Waals surface area contributed by atoms with Gasteiger partial charge in [0.1, 0.15) is 5.82 Å².